The number of phosphoric ester groups is 1. The topological polar surface area (TPSA) is 119 Å². The lowest BCUT2D eigenvalue weighted by atomic mass is 10.1. The minimum atomic E-state index is -4.73. The van der Waals surface area contributed by atoms with Crippen LogP contribution >= 0.6 is 7.82 Å². The van der Waals surface area contributed by atoms with Crippen LogP contribution < -0.4 is 0 Å². The predicted octanol–water partition coefficient (Wildman–Crippen LogP) is 8.50. The minimum Gasteiger partial charge on any atom is -0.462 e. The van der Waals surface area contributed by atoms with Crippen LogP contribution in [0.3, 0.4) is 0 Å². The maximum atomic E-state index is 12.2. The molecule has 9 heteroatoms. The summed E-state index contributed by atoms with van der Waals surface area (Å²) in [6, 6.07) is 0. The van der Waals surface area contributed by atoms with Gasteiger partial charge in [-0.25, -0.2) is 4.57 Å². The van der Waals surface area contributed by atoms with Crippen molar-refractivity contribution in [1.29, 1.82) is 0 Å². The second kappa shape index (κ2) is 27.7. The smallest absolute Gasteiger partial charge is 0.462 e. The lowest BCUT2D eigenvalue weighted by Gasteiger charge is -2.18. The molecule has 1 unspecified atom stereocenters. The molecule has 2 N–H and O–H groups in total. The Morgan fingerprint density at radius 1 is 0.650 bits per heavy atom. The van der Waals surface area contributed by atoms with Gasteiger partial charge in [0, 0.05) is 12.8 Å². The van der Waals surface area contributed by atoms with Gasteiger partial charge in [-0.05, 0) is 44.9 Å². The van der Waals surface area contributed by atoms with Gasteiger partial charge < -0.3 is 19.3 Å². The molecule has 234 valence electrons. The molecule has 0 aliphatic heterocycles. The number of ether oxygens (including phenoxy) is 2. The second-order valence-corrected chi connectivity index (χ2v) is 11.7. The van der Waals surface area contributed by atoms with Gasteiger partial charge in [-0.1, -0.05) is 109 Å². The molecule has 0 aromatic rings. The molecule has 8 nitrogen and oxygen atoms in total. The van der Waals surface area contributed by atoms with Gasteiger partial charge in [0.05, 0.1) is 6.61 Å². The molecule has 0 fully saturated rings. The van der Waals surface area contributed by atoms with E-state index in [1.165, 1.54) is 57.8 Å². The number of esters is 2. The molecule has 0 amide bonds. The summed E-state index contributed by atoms with van der Waals surface area (Å²) in [5.41, 5.74) is 0. The third-order valence-corrected chi connectivity index (χ3v) is 6.96. The van der Waals surface area contributed by atoms with Gasteiger partial charge in [-0.2, -0.15) is 0 Å². The van der Waals surface area contributed by atoms with E-state index in [1.54, 1.807) is 0 Å². The number of carbonyl (C=O) groups is 2. The van der Waals surface area contributed by atoms with Crippen LogP contribution in [0.4, 0.5) is 0 Å². The SMILES string of the molecule is CCCCC/C=C\C/C=C\CCCCCCCCCCCC(=O)OC(COC(=O)CCCCC)COP(=O)(O)O. The molecule has 1 atom stereocenters. The molecule has 0 aliphatic rings. The van der Waals surface area contributed by atoms with Crippen molar-refractivity contribution in [1.82, 2.24) is 0 Å². The number of phosphoric acid groups is 1. The summed E-state index contributed by atoms with van der Waals surface area (Å²) in [4.78, 5) is 41.9. The van der Waals surface area contributed by atoms with Gasteiger partial charge in [0.15, 0.2) is 6.10 Å². The summed E-state index contributed by atoms with van der Waals surface area (Å²) in [7, 11) is -4.73. The maximum absolute atomic E-state index is 12.2. The highest BCUT2D eigenvalue weighted by molar-refractivity contribution is 7.46. The van der Waals surface area contributed by atoms with E-state index in [0.29, 0.717) is 12.8 Å². The fourth-order valence-electron chi connectivity index (χ4n) is 4.11. The molecule has 0 saturated heterocycles. The fraction of sp³-hybridized carbons (Fsp3) is 0.806. The summed E-state index contributed by atoms with van der Waals surface area (Å²) in [5, 5.41) is 0. The van der Waals surface area contributed by atoms with Crippen LogP contribution in [0.5, 0.6) is 0 Å². The number of rotatable bonds is 28. The van der Waals surface area contributed by atoms with Crippen LogP contribution in [0.2, 0.25) is 0 Å². The Hall–Kier alpha value is -1.47. The first-order valence-corrected chi connectivity index (χ1v) is 17.2. The Morgan fingerprint density at radius 3 is 1.70 bits per heavy atom. The fourth-order valence-corrected chi connectivity index (χ4v) is 4.47. The molecule has 0 aromatic heterocycles. The van der Waals surface area contributed by atoms with Gasteiger partial charge in [-0.15, -0.1) is 0 Å². The molecule has 0 saturated carbocycles. The molecule has 0 rings (SSSR count). The van der Waals surface area contributed by atoms with Crippen molar-refractivity contribution in [3.8, 4) is 0 Å². The van der Waals surface area contributed by atoms with E-state index in [0.717, 1.165) is 44.9 Å². The van der Waals surface area contributed by atoms with Crippen LogP contribution in [-0.2, 0) is 28.2 Å². The van der Waals surface area contributed by atoms with Crippen molar-refractivity contribution in [3.63, 3.8) is 0 Å². The number of unbranched alkanes of at least 4 members (excludes halogenated alkanes) is 14. The van der Waals surface area contributed by atoms with E-state index in [4.69, 9.17) is 19.3 Å². The zero-order valence-electron chi connectivity index (χ0n) is 25.2. The summed E-state index contributed by atoms with van der Waals surface area (Å²) in [6.45, 7) is 3.43. The summed E-state index contributed by atoms with van der Waals surface area (Å²) >= 11 is 0. The Bertz CT molecular complexity index is 716. The van der Waals surface area contributed by atoms with E-state index in [-0.39, 0.29) is 19.4 Å². The van der Waals surface area contributed by atoms with E-state index in [9.17, 15) is 14.2 Å². The highest BCUT2D eigenvalue weighted by Gasteiger charge is 2.22. The quantitative estimate of drug-likeness (QED) is 0.0404. The largest absolute Gasteiger partial charge is 0.469 e. The molecule has 0 bridgehead atoms. The van der Waals surface area contributed by atoms with E-state index >= 15 is 0 Å². The van der Waals surface area contributed by atoms with Crippen LogP contribution in [0.15, 0.2) is 24.3 Å². The van der Waals surface area contributed by atoms with Crippen molar-refractivity contribution < 1.29 is 37.9 Å². The highest BCUT2D eigenvalue weighted by atomic mass is 31.2. The molecule has 0 radical (unpaired) electrons. The highest BCUT2D eigenvalue weighted by Crippen LogP contribution is 2.35. The standard InChI is InChI=1S/C31H57O8P/c1-3-5-7-8-9-10-11-12-13-14-15-16-17-18-19-20-21-22-24-26-31(33)39-29(28-38-40(34,35)36)27-37-30(32)25-23-6-4-2/h9-10,12-13,29H,3-8,11,14-28H2,1-2H3,(H2,34,35,36)/b10-9-,13-12-. The normalized spacial score (nSPS) is 12.8. The van der Waals surface area contributed by atoms with E-state index in [2.05, 4.69) is 35.8 Å². The van der Waals surface area contributed by atoms with Crippen molar-refractivity contribution >= 4 is 19.8 Å². The van der Waals surface area contributed by atoms with Crippen molar-refractivity contribution in [3.05, 3.63) is 24.3 Å². The predicted molar refractivity (Wildman–Crippen MR) is 161 cm³/mol. The van der Waals surface area contributed by atoms with Crippen LogP contribution in [0.25, 0.3) is 0 Å². The third kappa shape index (κ3) is 29.5. The molecular formula is C31H57O8P. The Balaban J connectivity index is 3.83. The summed E-state index contributed by atoms with van der Waals surface area (Å²) in [6.07, 6.45) is 28.5. The summed E-state index contributed by atoms with van der Waals surface area (Å²) in [5.74, 6) is -0.919. The van der Waals surface area contributed by atoms with Crippen molar-refractivity contribution in [2.24, 2.45) is 0 Å². The van der Waals surface area contributed by atoms with Gasteiger partial charge in [0.2, 0.25) is 0 Å². The van der Waals surface area contributed by atoms with Crippen LogP contribution in [-0.4, -0.2) is 41.0 Å². The number of carbonyl (C=O) groups excluding carboxylic acids is 2. The molecule has 0 heterocycles. The van der Waals surface area contributed by atoms with Gasteiger partial charge in [-0.3, -0.25) is 14.1 Å². The van der Waals surface area contributed by atoms with Crippen molar-refractivity contribution in [2.45, 2.75) is 148 Å². The number of allylic oxidation sites excluding steroid dienone is 4. The van der Waals surface area contributed by atoms with Crippen LogP contribution in [0.1, 0.15) is 142 Å². The average molecular weight is 589 g/mol. The monoisotopic (exact) mass is 588 g/mol. The van der Waals surface area contributed by atoms with Gasteiger partial charge >= 0.3 is 19.8 Å². The first-order valence-electron chi connectivity index (χ1n) is 15.6. The molecule has 0 spiro atoms. The van der Waals surface area contributed by atoms with Crippen LogP contribution in [0, 0.1) is 0 Å². The lowest BCUT2D eigenvalue weighted by molar-refractivity contribution is -0.161. The zero-order valence-corrected chi connectivity index (χ0v) is 26.1. The van der Waals surface area contributed by atoms with Gasteiger partial charge in [0.25, 0.3) is 0 Å². The Kier molecular flexibility index (Phi) is 26.7. The zero-order chi connectivity index (χ0) is 29.7. The average Bonchev–Trinajstić information content (AvgIpc) is 2.91. The number of hydrogen-bond donors (Lipinski definition) is 2. The Morgan fingerprint density at radius 2 is 1.12 bits per heavy atom. The molecule has 0 aliphatic carbocycles. The first kappa shape index (κ1) is 38.5. The minimum absolute atomic E-state index is 0.207. The van der Waals surface area contributed by atoms with Crippen molar-refractivity contribution in [2.75, 3.05) is 13.2 Å². The lowest BCUT2D eigenvalue weighted by Crippen LogP contribution is -2.29. The molecule has 0 aromatic carbocycles. The van der Waals surface area contributed by atoms with E-state index < -0.39 is 32.5 Å². The maximum Gasteiger partial charge on any atom is 0.469 e. The van der Waals surface area contributed by atoms with Gasteiger partial charge in [0.1, 0.15) is 6.61 Å². The molecular weight excluding hydrogens is 531 g/mol. The number of hydrogen-bond acceptors (Lipinski definition) is 6. The third-order valence-electron chi connectivity index (χ3n) is 6.47. The second-order valence-electron chi connectivity index (χ2n) is 10.4. The Labute approximate surface area is 243 Å². The van der Waals surface area contributed by atoms with E-state index in [1.807, 2.05) is 6.92 Å². The first-order chi connectivity index (χ1) is 19.3. The molecule has 40 heavy (non-hydrogen) atoms. The summed E-state index contributed by atoms with van der Waals surface area (Å²) < 4.78 is 25.8.